The molecule has 2 rings (SSSR count). The molecule has 108 valence electrons. The van der Waals surface area contributed by atoms with Crippen LogP contribution in [-0.4, -0.2) is 10.5 Å². The van der Waals surface area contributed by atoms with Crippen LogP contribution < -0.4 is 5.32 Å². The number of carbonyl (C=O) groups is 1. The molecular formula is C16H22N2OS. The van der Waals surface area contributed by atoms with Gasteiger partial charge in [0.25, 0.3) is 5.91 Å². The molecule has 0 aromatic carbocycles. The molecule has 1 N–H and O–H groups in total. The Morgan fingerprint density at radius 2 is 2.00 bits per heavy atom. The maximum Gasteiger partial charge on any atom is 0.253 e. The van der Waals surface area contributed by atoms with E-state index < -0.39 is 0 Å². The highest BCUT2D eigenvalue weighted by Crippen LogP contribution is 2.22. The lowest BCUT2D eigenvalue weighted by molar-refractivity contribution is 0.0939. The molecule has 4 heteroatoms. The topological polar surface area (TPSA) is 34.0 Å². The van der Waals surface area contributed by atoms with Crippen LogP contribution in [0.2, 0.25) is 0 Å². The quantitative estimate of drug-likeness (QED) is 0.898. The van der Waals surface area contributed by atoms with Crippen LogP contribution in [-0.2, 0) is 0 Å². The lowest BCUT2D eigenvalue weighted by Gasteiger charge is -2.15. The summed E-state index contributed by atoms with van der Waals surface area (Å²) in [5.74, 6) is 0.00546. The van der Waals surface area contributed by atoms with Gasteiger partial charge in [-0.3, -0.25) is 4.79 Å². The van der Waals surface area contributed by atoms with Crippen molar-refractivity contribution in [1.82, 2.24) is 9.88 Å². The van der Waals surface area contributed by atoms with Crippen LogP contribution in [0.3, 0.4) is 0 Å². The van der Waals surface area contributed by atoms with Crippen molar-refractivity contribution in [3.05, 3.63) is 45.4 Å². The van der Waals surface area contributed by atoms with E-state index in [-0.39, 0.29) is 11.9 Å². The highest BCUT2D eigenvalue weighted by molar-refractivity contribution is 7.10. The molecule has 0 saturated heterocycles. The lowest BCUT2D eigenvalue weighted by atomic mass is 10.2. The van der Waals surface area contributed by atoms with E-state index in [9.17, 15) is 4.79 Å². The van der Waals surface area contributed by atoms with Gasteiger partial charge >= 0.3 is 0 Å². The summed E-state index contributed by atoms with van der Waals surface area (Å²) in [4.78, 5) is 13.6. The van der Waals surface area contributed by atoms with E-state index >= 15 is 0 Å². The first kappa shape index (κ1) is 14.9. The second kappa shape index (κ2) is 5.83. The molecule has 2 aromatic rings. The Balaban J connectivity index is 2.20. The molecule has 0 aliphatic carbocycles. The lowest BCUT2D eigenvalue weighted by Crippen LogP contribution is -2.26. The molecule has 0 aliphatic rings. The number of hydrogen-bond donors (Lipinski definition) is 1. The van der Waals surface area contributed by atoms with Gasteiger partial charge in [0.05, 0.1) is 11.6 Å². The van der Waals surface area contributed by atoms with E-state index in [1.54, 1.807) is 11.3 Å². The number of carbonyl (C=O) groups excluding carboxylic acids is 1. The van der Waals surface area contributed by atoms with Crippen LogP contribution in [0.1, 0.15) is 59.5 Å². The number of nitrogens with zero attached hydrogens (tertiary/aromatic N) is 1. The summed E-state index contributed by atoms with van der Waals surface area (Å²) in [5, 5.41) is 5.11. The molecule has 0 aliphatic heterocycles. The van der Waals surface area contributed by atoms with Gasteiger partial charge in [-0.15, -0.1) is 11.3 Å². The van der Waals surface area contributed by atoms with Crippen LogP contribution in [0.5, 0.6) is 0 Å². The summed E-state index contributed by atoms with van der Waals surface area (Å²) in [6.07, 6.45) is 0. The van der Waals surface area contributed by atoms with Gasteiger partial charge in [0.2, 0.25) is 0 Å². The van der Waals surface area contributed by atoms with Gasteiger partial charge in [0.15, 0.2) is 0 Å². The second-order valence-electron chi connectivity index (χ2n) is 5.46. The van der Waals surface area contributed by atoms with E-state index in [0.29, 0.717) is 6.04 Å². The van der Waals surface area contributed by atoms with Crippen LogP contribution in [0.15, 0.2) is 23.6 Å². The van der Waals surface area contributed by atoms with Crippen LogP contribution in [0.4, 0.5) is 0 Å². The third-order valence-corrected chi connectivity index (χ3v) is 4.62. The number of amides is 1. The molecule has 3 nitrogen and oxygen atoms in total. The molecule has 1 unspecified atom stereocenters. The SMILES string of the molecule is Cc1cc(C(=O)NC(C)c2cccs2)c(C)n1C(C)C. The van der Waals surface area contributed by atoms with Crippen molar-refractivity contribution in [2.24, 2.45) is 0 Å². The Bertz CT molecular complexity index is 596. The minimum atomic E-state index is 0.00546. The molecule has 0 spiro atoms. The first-order chi connectivity index (χ1) is 9.41. The molecule has 0 saturated carbocycles. The summed E-state index contributed by atoms with van der Waals surface area (Å²) in [5.41, 5.74) is 2.94. The van der Waals surface area contributed by atoms with Crippen molar-refractivity contribution < 1.29 is 4.79 Å². The van der Waals surface area contributed by atoms with E-state index in [0.717, 1.165) is 17.0 Å². The maximum absolute atomic E-state index is 12.4. The monoisotopic (exact) mass is 290 g/mol. The molecule has 0 radical (unpaired) electrons. The molecule has 0 fully saturated rings. The zero-order chi connectivity index (χ0) is 14.9. The smallest absolute Gasteiger partial charge is 0.253 e. The van der Waals surface area contributed by atoms with Crippen molar-refractivity contribution >= 4 is 17.2 Å². The van der Waals surface area contributed by atoms with Gasteiger partial charge < -0.3 is 9.88 Å². The fourth-order valence-corrected chi connectivity index (χ4v) is 3.42. The summed E-state index contributed by atoms with van der Waals surface area (Å²) < 4.78 is 2.20. The normalized spacial score (nSPS) is 12.7. The van der Waals surface area contributed by atoms with Crippen molar-refractivity contribution in [2.45, 2.75) is 46.7 Å². The number of rotatable bonds is 4. The van der Waals surface area contributed by atoms with Crippen molar-refractivity contribution in [2.75, 3.05) is 0 Å². The van der Waals surface area contributed by atoms with Crippen molar-refractivity contribution in [3.8, 4) is 0 Å². The Hall–Kier alpha value is -1.55. The van der Waals surface area contributed by atoms with E-state index in [1.807, 2.05) is 44.4 Å². The molecular weight excluding hydrogens is 268 g/mol. The fraction of sp³-hybridized carbons (Fsp3) is 0.438. The van der Waals surface area contributed by atoms with Gasteiger partial charge in [0.1, 0.15) is 0 Å². The van der Waals surface area contributed by atoms with Gasteiger partial charge in [0, 0.05) is 22.3 Å². The largest absolute Gasteiger partial charge is 0.346 e. The summed E-state index contributed by atoms with van der Waals surface area (Å²) in [7, 11) is 0. The Morgan fingerprint density at radius 3 is 2.50 bits per heavy atom. The number of hydrogen-bond acceptors (Lipinski definition) is 2. The third kappa shape index (κ3) is 2.80. The minimum absolute atomic E-state index is 0.00546. The number of nitrogens with one attached hydrogen (secondary N) is 1. The zero-order valence-electron chi connectivity index (χ0n) is 12.7. The molecule has 0 bridgehead atoms. The highest BCUT2D eigenvalue weighted by atomic mass is 32.1. The molecule has 2 aromatic heterocycles. The van der Waals surface area contributed by atoms with E-state index in [2.05, 4.69) is 23.7 Å². The number of aromatic nitrogens is 1. The average Bonchev–Trinajstić information content (AvgIpc) is 2.97. The van der Waals surface area contributed by atoms with Gasteiger partial charge in [-0.05, 0) is 52.1 Å². The predicted molar refractivity (Wildman–Crippen MR) is 84.5 cm³/mol. The maximum atomic E-state index is 12.4. The van der Waals surface area contributed by atoms with Crippen molar-refractivity contribution in [1.29, 1.82) is 0 Å². The van der Waals surface area contributed by atoms with Gasteiger partial charge in [-0.2, -0.15) is 0 Å². The van der Waals surface area contributed by atoms with Crippen LogP contribution >= 0.6 is 11.3 Å². The molecule has 1 atom stereocenters. The first-order valence-corrected chi connectivity index (χ1v) is 7.82. The van der Waals surface area contributed by atoms with Crippen molar-refractivity contribution in [3.63, 3.8) is 0 Å². The molecule has 2 heterocycles. The minimum Gasteiger partial charge on any atom is -0.346 e. The Morgan fingerprint density at radius 1 is 1.30 bits per heavy atom. The van der Waals surface area contributed by atoms with Crippen LogP contribution in [0, 0.1) is 13.8 Å². The standard InChI is InChI=1S/C16H22N2OS/c1-10(2)18-11(3)9-14(13(18)5)16(19)17-12(4)15-7-6-8-20-15/h6-10,12H,1-5H3,(H,17,19). The first-order valence-electron chi connectivity index (χ1n) is 6.94. The van der Waals surface area contributed by atoms with Gasteiger partial charge in [-0.1, -0.05) is 6.07 Å². The number of aryl methyl sites for hydroxylation is 1. The highest BCUT2D eigenvalue weighted by Gasteiger charge is 2.19. The predicted octanol–water partition coefficient (Wildman–Crippen LogP) is 4.24. The molecule has 1 amide bonds. The van der Waals surface area contributed by atoms with E-state index in [1.165, 1.54) is 4.88 Å². The average molecular weight is 290 g/mol. The fourth-order valence-electron chi connectivity index (χ4n) is 2.68. The van der Waals surface area contributed by atoms with Gasteiger partial charge in [-0.25, -0.2) is 0 Å². The second-order valence-corrected chi connectivity index (χ2v) is 6.44. The van der Waals surface area contributed by atoms with E-state index in [4.69, 9.17) is 0 Å². The molecule has 20 heavy (non-hydrogen) atoms. The third-order valence-electron chi connectivity index (χ3n) is 3.56. The zero-order valence-corrected chi connectivity index (χ0v) is 13.5. The van der Waals surface area contributed by atoms with Crippen LogP contribution in [0.25, 0.3) is 0 Å². The number of thiophene rings is 1. The summed E-state index contributed by atoms with van der Waals surface area (Å²) in [6.45, 7) is 10.3. The summed E-state index contributed by atoms with van der Waals surface area (Å²) >= 11 is 1.67. The Kier molecular flexibility index (Phi) is 4.33. The Labute approximate surface area is 124 Å². The summed E-state index contributed by atoms with van der Waals surface area (Å²) in [6, 6.07) is 6.45.